The highest BCUT2D eigenvalue weighted by Gasteiger charge is 2.61. The van der Waals surface area contributed by atoms with Gasteiger partial charge in [0.1, 0.15) is 23.0 Å². The molecule has 19 heteroatoms. The summed E-state index contributed by atoms with van der Waals surface area (Å²) in [7, 11) is 0. The summed E-state index contributed by atoms with van der Waals surface area (Å²) in [5.74, 6) is -4.50. The molecule has 24 heavy (non-hydrogen) atoms. The third-order valence-corrected chi connectivity index (χ3v) is 2.19. The van der Waals surface area contributed by atoms with Crippen molar-refractivity contribution in [1.82, 2.24) is 5.01 Å². The summed E-state index contributed by atoms with van der Waals surface area (Å²) in [5, 5.41) is 46.7. The van der Waals surface area contributed by atoms with Crippen molar-refractivity contribution in [2.75, 3.05) is 19.7 Å². The fourth-order valence-electron chi connectivity index (χ4n) is 1.22. The lowest BCUT2D eigenvalue weighted by Gasteiger charge is -2.19. The predicted molar refractivity (Wildman–Crippen MR) is 61.2 cm³/mol. The zero-order chi connectivity index (χ0) is 19.1. The van der Waals surface area contributed by atoms with Crippen LogP contribution in [-0.4, -0.2) is 61.8 Å². The topological polar surface area (TPSA) is 237 Å². The zero-order valence-corrected chi connectivity index (χ0v) is 11.2. The van der Waals surface area contributed by atoms with Gasteiger partial charge in [0, 0.05) is 0 Å². The molecule has 0 aliphatic rings. The molecule has 0 N–H and O–H groups in total. The Hall–Kier alpha value is -3.67. The largest absolute Gasteiger partial charge is 0.637 e. The lowest BCUT2D eigenvalue weighted by atomic mass is 10.3. The second-order valence-electron chi connectivity index (χ2n) is 3.79. The van der Waals surface area contributed by atoms with Crippen LogP contribution >= 0.6 is 0 Å². The molecule has 0 bridgehead atoms. The number of hydrazine groups is 1. The van der Waals surface area contributed by atoms with E-state index in [1.807, 2.05) is 0 Å². The van der Waals surface area contributed by atoms with E-state index in [0.29, 0.717) is 0 Å². The van der Waals surface area contributed by atoms with Gasteiger partial charge in [0.05, 0.1) is 0 Å². The summed E-state index contributed by atoms with van der Waals surface area (Å²) in [4.78, 5) is 55.0. The van der Waals surface area contributed by atoms with Crippen molar-refractivity contribution in [3.05, 3.63) is 50.6 Å². The average Bonchev–Trinajstić information content (AvgIpc) is 2.42. The Morgan fingerprint density at radius 1 is 0.958 bits per heavy atom. The van der Waals surface area contributed by atoms with Gasteiger partial charge >= 0.3 is 5.92 Å². The molecule has 0 fully saturated rings. The first-order valence-corrected chi connectivity index (χ1v) is 5.35. The van der Waals surface area contributed by atoms with E-state index in [-0.39, 0.29) is 0 Å². The van der Waals surface area contributed by atoms with Gasteiger partial charge in [0.15, 0.2) is 11.1 Å². The van der Waals surface area contributed by atoms with E-state index in [9.17, 15) is 55.0 Å². The van der Waals surface area contributed by atoms with Crippen molar-refractivity contribution < 1.29 is 39.1 Å². The summed E-state index contributed by atoms with van der Waals surface area (Å²) in [6.45, 7) is -4.67. The monoisotopic (exact) mass is 362 g/mol. The first-order valence-electron chi connectivity index (χ1n) is 5.35. The van der Waals surface area contributed by atoms with Gasteiger partial charge in [0.25, 0.3) is 16.7 Å². The predicted octanol–water partition coefficient (Wildman–Crippen LogP) is -1.56. The van der Waals surface area contributed by atoms with Crippen LogP contribution in [0.5, 0.6) is 0 Å². The van der Waals surface area contributed by atoms with Crippen LogP contribution in [0.1, 0.15) is 0 Å². The average molecular weight is 362 g/mol. The van der Waals surface area contributed by atoms with E-state index in [2.05, 4.69) is 9.68 Å². The van der Waals surface area contributed by atoms with E-state index in [4.69, 9.17) is 0 Å². The molecule has 0 saturated carbocycles. The van der Waals surface area contributed by atoms with Gasteiger partial charge in [0.2, 0.25) is 0 Å². The number of halogens is 1. The van der Waals surface area contributed by atoms with E-state index >= 15 is 0 Å². The highest BCUT2D eigenvalue weighted by molar-refractivity contribution is 4.63. The highest BCUT2D eigenvalue weighted by Crippen LogP contribution is 2.16. The lowest BCUT2D eigenvalue weighted by molar-refractivity contribution is -0.842. The van der Waals surface area contributed by atoms with Crippen LogP contribution in [0.15, 0.2) is 0 Å². The molecule has 0 aliphatic heterocycles. The molecule has 18 nitrogen and oxygen atoms in total. The zero-order valence-electron chi connectivity index (χ0n) is 11.2. The Bertz CT molecular complexity index is 526. The van der Waals surface area contributed by atoms with Crippen molar-refractivity contribution in [2.45, 2.75) is 12.0 Å². The van der Waals surface area contributed by atoms with Crippen LogP contribution in [0, 0.1) is 50.6 Å². The van der Waals surface area contributed by atoms with Gasteiger partial charge in [-0.1, -0.05) is 4.39 Å². The maximum Gasteiger partial charge on any atom is 0.637 e. The first-order chi connectivity index (χ1) is 10.9. The fourth-order valence-corrected chi connectivity index (χ4v) is 1.22. The van der Waals surface area contributed by atoms with Crippen molar-refractivity contribution in [3.63, 3.8) is 0 Å². The second kappa shape index (κ2) is 8.09. The summed E-state index contributed by atoms with van der Waals surface area (Å²) < 4.78 is 13.6. The molecular formula is C5H7FN6O12. The van der Waals surface area contributed by atoms with Crippen LogP contribution in [0.25, 0.3) is 0 Å². The SMILES string of the molecule is O=[N+]([O-])OCC(CN(CC(F)([N+](=O)[O-])[N+](=O)[O-])[N+](=O)[O-])O[N+](=O)[O-]. The maximum absolute atomic E-state index is 13.6. The Kier molecular flexibility index (Phi) is 6.85. The third kappa shape index (κ3) is 5.98. The Morgan fingerprint density at radius 2 is 1.46 bits per heavy atom. The molecule has 0 spiro atoms. The van der Waals surface area contributed by atoms with Crippen LogP contribution < -0.4 is 0 Å². The van der Waals surface area contributed by atoms with E-state index in [0.717, 1.165) is 0 Å². The number of nitrogens with zero attached hydrogens (tertiary/aromatic N) is 6. The fraction of sp³-hybridized carbons (Fsp3) is 1.00. The highest BCUT2D eigenvalue weighted by atomic mass is 19.2. The molecule has 0 aromatic rings. The molecule has 0 amide bonds. The lowest BCUT2D eigenvalue weighted by Crippen LogP contribution is -2.54. The molecule has 0 heterocycles. The molecule has 136 valence electrons. The minimum Gasteiger partial charge on any atom is -0.311 e. The standard InChI is InChI=1S/C5H7FN6O12/c6-5(8(13)14,9(15)16)3-7(10(17)18)1-4(24-12(21)22)2-23-11(19)20/h4H,1-3H2. The summed E-state index contributed by atoms with van der Waals surface area (Å²) in [5.41, 5.74) is 0. The summed E-state index contributed by atoms with van der Waals surface area (Å²) >= 11 is 0. The molecular weight excluding hydrogens is 355 g/mol. The van der Waals surface area contributed by atoms with Gasteiger partial charge in [-0.15, -0.1) is 25.2 Å². The molecule has 1 atom stereocenters. The Labute approximate surface area is 127 Å². The van der Waals surface area contributed by atoms with Crippen molar-refractivity contribution in [2.24, 2.45) is 0 Å². The van der Waals surface area contributed by atoms with Crippen molar-refractivity contribution in [3.8, 4) is 0 Å². The minimum atomic E-state index is -4.50. The second-order valence-corrected chi connectivity index (χ2v) is 3.79. The van der Waals surface area contributed by atoms with Crippen LogP contribution in [0.3, 0.4) is 0 Å². The molecule has 0 saturated heterocycles. The normalized spacial score (nSPS) is 11.9. The molecule has 0 rings (SSSR count). The van der Waals surface area contributed by atoms with Crippen LogP contribution in [-0.2, 0) is 9.68 Å². The summed E-state index contributed by atoms with van der Waals surface area (Å²) in [6, 6.07) is 0. The van der Waals surface area contributed by atoms with Crippen molar-refractivity contribution >= 4 is 0 Å². The van der Waals surface area contributed by atoms with Gasteiger partial charge in [-0.2, -0.15) is 0 Å². The maximum atomic E-state index is 13.6. The van der Waals surface area contributed by atoms with Crippen LogP contribution in [0.4, 0.5) is 4.39 Å². The molecule has 0 aromatic carbocycles. The number of alkyl halides is 1. The van der Waals surface area contributed by atoms with Crippen molar-refractivity contribution in [1.29, 1.82) is 0 Å². The van der Waals surface area contributed by atoms with E-state index < -0.39 is 61.8 Å². The van der Waals surface area contributed by atoms with E-state index in [1.54, 1.807) is 0 Å². The Balaban J connectivity index is 5.29. The molecule has 0 aliphatic carbocycles. The third-order valence-electron chi connectivity index (χ3n) is 2.19. The van der Waals surface area contributed by atoms with Crippen LogP contribution in [0.2, 0.25) is 0 Å². The quantitative estimate of drug-likeness (QED) is 0.165. The Morgan fingerprint density at radius 3 is 1.79 bits per heavy atom. The van der Waals surface area contributed by atoms with E-state index in [1.165, 1.54) is 0 Å². The smallest absolute Gasteiger partial charge is 0.311 e. The number of nitro groups is 3. The van der Waals surface area contributed by atoms with Gasteiger partial charge < -0.3 is 9.68 Å². The number of hydrogen-bond donors (Lipinski definition) is 0. The minimum absolute atomic E-state index is 0.483. The molecule has 0 radical (unpaired) electrons. The van der Waals surface area contributed by atoms with Gasteiger partial charge in [-0.05, 0) is 0 Å². The summed E-state index contributed by atoms with van der Waals surface area (Å²) in [6.07, 6.45) is -2.07. The van der Waals surface area contributed by atoms with Gasteiger partial charge in [-0.25, -0.2) is 10.1 Å². The van der Waals surface area contributed by atoms with Gasteiger partial charge in [-0.3, -0.25) is 20.2 Å². The molecule has 1 unspecified atom stereocenters. The molecule has 0 aromatic heterocycles. The number of rotatable bonds is 12. The first kappa shape index (κ1) is 20.3. The number of hydrogen-bond acceptors (Lipinski definition) is 12.